The number of halogens is 3. The van der Waals surface area contributed by atoms with E-state index in [4.69, 9.17) is 39.5 Å². The minimum absolute atomic E-state index is 0.0381. The Labute approximate surface area is 178 Å². The molecule has 2 aliphatic rings. The zero-order valence-electron chi connectivity index (χ0n) is 15.2. The number of piperidine rings is 1. The molecule has 2 aliphatic heterocycles. The highest BCUT2D eigenvalue weighted by molar-refractivity contribution is 6.42. The van der Waals surface area contributed by atoms with Crippen LogP contribution in [0.4, 0.5) is 0 Å². The molecule has 2 aromatic rings. The van der Waals surface area contributed by atoms with E-state index in [1.807, 2.05) is 6.92 Å². The summed E-state index contributed by atoms with van der Waals surface area (Å²) in [7, 11) is 0. The average Bonchev–Trinajstić information content (AvgIpc) is 2.65. The summed E-state index contributed by atoms with van der Waals surface area (Å²) in [4.78, 5) is 27.3. The Hall–Kier alpha value is -1.75. The molecule has 1 spiro atoms. The van der Waals surface area contributed by atoms with Gasteiger partial charge in [0.25, 0.3) is 5.91 Å². The highest BCUT2D eigenvalue weighted by Gasteiger charge is 2.44. The van der Waals surface area contributed by atoms with Crippen LogP contribution in [-0.4, -0.2) is 35.3 Å². The lowest BCUT2D eigenvalue weighted by molar-refractivity contribution is -0.00616. The maximum absolute atomic E-state index is 12.8. The maximum Gasteiger partial charge on any atom is 0.253 e. The quantitative estimate of drug-likeness (QED) is 0.582. The summed E-state index contributed by atoms with van der Waals surface area (Å²) < 4.78 is 6.33. The molecular weight excluding hydrogens is 421 g/mol. The summed E-state index contributed by atoms with van der Waals surface area (Å²) in [6, 6.07) is 8.35. The number of nitrogens with zero attached hydrogens (tertiary/aromatic N) is 1. The van der Waals surface area contributed by atoms with Crippen LogP contribution in [0, 0.1) is 6.92 Å². The SMILES string of the molecule is Cc1cc(Cl)cc2c1OC1(CCN(C(=O)c3ccc(Cl)c(Cl)c3)CC1)CC2=O. The number of hydrogen-bond acceptors (Lipinski definition) is 3. The number of hydrogen-bond donors (Lipinski definition) is 0. The molecule has 1 fully saturated rings. The molecule has 0 aliphatic carbocycles. The summed E-state index contributed by atoms with van der Waals surface area (Å²) in [5, 5.41) is 1.30. The van der Waals surface area contributed by atoms with Crippen molar-refractivity contribution in [3.63, 3.8) is 0 Å². The van der Waals surface area contributed by atoms with E-state index in [1.54, 1.807) is 35.2 Å². The molecule has 0 saturated carbocycles. The molecule has 1 saturated heterocycles. The van der Waals surface area contributed by atoms with Crippen molar-refractivity contribution >= 4 is 46.5 Å². The van der Waals surface area contributed by atoms with Gasteiger partial charge in [0.1, 0.15) is 11.4 Å². The standard InChI is InChI=1S/C21H18Cl3NO3/c1-12-8-14(22)10-15-18(26)11-21(28-19(12)15)4-6-25(7-5-21)20(27)13-2-3-16(23)17(24)9-13/h2-3,8-10H,4-7,11H2,1H3. The van der Waals surface area contributed by atoms with Crippen LogP contribution in [0.15, 0.2) is 30.3 Å². The first-order valence-corrected chi connectivity index (χ1v) is 10.2. The number of amides is 1. The van der Waals surface area contributed by atoms with E-state index in [1.165, 1.54) is 0 Å². The van der Waals surface area contributed by atoms with Gasteiger partial charge in [0.15, 0.2) is 5.78 Å². The van der Waals surface area contributed by atoms with Gasteiger partial charge in [-0.25, -0.2) is 0 Å². The molecule has 2 heterocycles. The topological polar surface area (TPSA) is 46.6 Å². The van der Waals surface area contributed by atoms with Gasteiger partial charge in [-0.1, -0.05) is 34.8 Å². The van der Waals surface area contributed by atoms with Crippen molar-refractivity contribution in [2.45, 2.75) is 31.8 Å². The summed E-state index contributed by atoms with van der Waals surface area (Å²) >= 11 is 18.1. The molecule has 1 amide bonds. The zero-order valence-corrected chi connectivity index (χ0v) is 17.5. The summed E-state index contributed by atoms with van der Waals surface area (Å²) in [5.74, 6) is 0.555. The van der Waals surface area contributed by atoms with Crippen LogP contribution >= 0.6 is 34.8 Å². The van der Waals surface area contributed by atoms with Gasteiger partial charge in [0.2, 0.25) is 0 Å². The van der Waals surface area contributed by atoms with E-state index >= 15 is 0 Å². The molecular formula is C21H18Cl3NO3. The molecule has 4 rings (SSSR count). The third-order valence-electron chi connectivity index (χ3n) is 5.47. The zero-order chi connectivity index (χ0) is 20.1. The third kappa shape index (κ3) is 3.49. The minimum Gasteiger partial charge on any atom is -0.486 e. The van der Waals surface area contributed by atoms with E-state index in [2.05, 4.69) is 0 Å². The summed E-state index contributed by atoms with van der Waals surface area (Å²) in [5.41, 5.74) is 1.33. The normalized spacial score (nSPS) is 18.0. The monoisotopic (exact) mass is 437 g/mol. The Kier molecular flexibility index (Phi) is 5.07. The number of aryl methyl sites for hydroxylation is 1. The number of likely N-dealkylation sites (tertiary alicyclic amines) is 1. The van der Waals surface area contributed by atoms with E-state index in [9.17, 15) is 9.59 Å². The Morgan fingerprint density at radius 1 is 1.07 bits per heavy atom. The lowest BCUT2D eigenvalue weighted by atomic mass is 9.82. The number of carbonyl (C=O) groups is 2. The molecule has 4 nitrogen and oxygen atoms in total. The molecule has 28 heavy (non-hydrogen) atoms. The largest absolute Gasteiger partial charge is 0.486 e. The number of Topliss-reactive ketones (excluding diaryl/α,β-unsaturated/α-hetero) is 1. The minimum atomic E-state index is -0.572. The molecule has 0 bridgehead atoms. The number of carbonyl (C=O) groups excluding carboxylic acids is 2. The molecule has 0 atom stereocenters. The Balaban J connectivity index is 1.51. The van der Waals surface area contributed by atoms with Gasteiger partial charge in [0, 0.05) is 36.5 Å². The van der Waals surface area contributed by atoms with E-state index in [0.29, 0.717) is 64.3 Å². The van der Waals surface area contributed by atoms with E-state index in [0.717, 1.165) is 5.56 Å². The van der Waals surface area contributed by atoms with Gasteiger partial charge < -0.3 is 9.64 Å². The second kappa shape index (κ2) is 7.25. The van der Waals surface area contributed by atoms with Crippen molar-refractivity contribution in [3.8, 4) is 5.75 Å². The predicted octanol–water partition coefficient (Wildman–Crippen LogP) is 5.60. The molecule has 0 aromatic heterocycles. The fourth-order valence-electron chi connectivity index (χ4n) is 3.92. The lowest BCUT2D eigenvalue weighted by Crippen LogP contribution is -2.52. The Bertz CT molecular complexity index is 981. The van der Waals surface area contributed by atoms with Crippen molar-refractivity contribution < 1.29 is 14.3 Å². The molecule has 0 radical (unpaired) electrons. The van der Waals surface area contributed by atoms with Crippen molar-refractivity contribution in [1.29, 1.82) is 0 Å². The van der Waals surface area contributed by atoms with Gasteiger partial charge in [-0.15, -0.1) is 0 Å². The molecule has 7 heteroatoms. The van der Waals surface area contributed by atoms with Crippen molar-refractivity contribution in [2.75, 3.05) is 13.1 Å². The van der Waals surface area contributed by atoms with Crippen LogP contribution in [0.2, 0.25) is 15.1 Å². The smallest absolute Gasteiger partial charge is 0.253 e. The number of fused-ring (bicyclic) bond motifs is 1. The fourth-order valence-corrected chi connectivity index (χ4v) is 4.49. The van der Waals surface area contributed by atoms with Crippen LogP contribution in [0.5, 0.6) is 5.75 Å². The van der Waals surface area contributed by atoms with Gasteiger partial charge in [-0.05, 0) is 42.8 Å². The van der Waals surface area contributed by atoms with Gasteiger partial charge in [-0.3, -0.25) is 9.59 Å². The number of ether oxygens (including phenoxy) is 1. The molecule has 146 valence electrons. The highest BCUT2D eigenvalue weighted by atomic mass is 35.5. The average molecular weight is 439 g/mol. The lowest BCUT2D eigenvalue weighted by Gasteiger charge is -2.44. The van der Waals surface area contributed by atoms with Crippen LogP contribution in [0.25, 0.3) is 0 Å². The first kappa shape index (κ1) is 19.6. The van der Waals surface area contributed by atoms with Crippen LogP contribution in [0.1, 0.15) is 45.5 Å². The van der Waals surface area contributed by atoms with Gasteiger partial charge in [-0.2, -0.15) is 0 Å². The highest BCUT2D eigenvalue weighted by Crippen LogP contribution is 2.42. The maximum atomic E-state index is 12.8. The summed E-state index contributed by atoms with van der Waals surface area (Å²) in [6.07, 6.45) is 1.48. The second-order valence-electron chi connectivity index (χ2n) is 7.41. The first-order chi connectivity index (χ1) is 13.3. The first-order valence-electron chi connectivity index (χ1n) is 9.05. The molecule has 0 unspecified atom stereocenters. The van der Waals surface area contributed by atoms with Crippen LogP contribution in [0.3, 0.4) is 0 Å². The number of ketones is 1. The predicted molar refractivity (Wildman–Crippen MR) is 110 cm³/mol. The molecule has 2 aromatic carbocycles. The van der Waals surface area contributed by atoms with E-state index < -0.39 is 5.60 Å². The third-order valence-corrected chi connectivity index (χ3v) is 6.43. The second-order valence-corrected chi connectivity index (χ2v) is 8.66. The Morgan fingerprint density at radius 2 is 1.79 bits per heavy atom. The van der Waals surface area contributed by atoms with Gasteiger partial charge >= 0.3 is 0 Å². The molecule has 0 N–H and O–H groups in total. The van der Waals surface area contributed by atoms with E-state index in [-0.39, 0.29) is 11.7 Å². The van der Waals surface area contributed by atoms with Crippen LogP contribution in [-0.2, 0) is 0 Å². The Morgan fingerprint density at radius 3 is 2.46 bits per heavy atom. The van der Waals surface area contributed by atoms with Crippen molar-refractivity contribution in [1.82, 2.24) is 4.90 Å². The number of rotatable bonds is 1. The fraction of sp³-hybridized carbons (Fsp3) is 0.333. The van der Waals surface area contributed by atoms with Crippen molar-refractivity contribution in [3.05, 3.63) is 62.1 Å². The number of benzene rings is 2. The summed E-state index contributed by atoms with van der Waals surface area (Å²) in [6.45, 7) is 2.91. The van der Waals surface area contributed by atoms with Crippen molar-refractivity contribution in [2.24, 2.45) is 0 Å². The van der Waals surface area contributed by atoms with Gasteiger partial charge in [0.05, 0.1) is 22.0 Å². The van der Waals surface area contributed by atoms with Crippen LogP contribution < -0.4 is 4.74 Å².